The Morgan fingerprint density at radius 2 is 2.12 bits per heavy atom. The molecule has 0 N–H and O–H groups in total. The van der Waals surface area contributed by atoms with Crippen molar-refractivity contribution in [2.24, 2.45) is 0 Å². The predicted molar refractivity (Wildman–Crippen MR) is 64.9 cm³/mol. The standard InChI is InChI=1S/C12H12BrFN2/c1-8-12(13)9(2)16(15-8)7-10-4-3-5-11(14)6-10/h3-6H,7H2,1-2H3. The lowest BCUT2D eigenvalue weighted by atomic mass is 10.2. The molecule has 0 aliphatic heterocycles. The third-order valence-electron chi connectivity index (χ3n) is 2.51. The summed E-state index contributed by atoms with van der Waals surface area (Å²) in [5.74, 6) is -0.210. The molecule has 2 rings (SSSR count). The molecule has 2 aromatic rings. The number of nitrogens with zero attached hydrogens (tertiary/aromatic N) is 2. The van der Waals surface area contributed by atoms with Gasteiger partial charge in [-0.2, -0.15) is 5.10 Å². The molecule has 0 saturated heterocycles. The zero-order chi connectivity index (χ0) is 11.7. The lowest BCUT2D eigenvalue weighted by Crippen LogP contribution is -2.04. The van der Waals surface area contributed by atoms with Gasteiger partial charge in [0.1, 0.15) is 5.82 Å². The van der Waals surface area contributed by atoms with Crippen LogP contribution < -0.4 is 0 Å². The largest absolute Gasteiger partial charge is 0.264 e. The Bertz CT molecular complexity index is 520. The van der Waals surface area contributed by atoms with Crippen molar-refractivity contribution in [1.29, 1.82) is 0 Å². The number of rotatable bonds is 2. The van der Waals surface area contributed by atoms with Crippen molar-refractivity contribution in [3.63, 3.8) is 0 Å². The van der Waals surface area contributed by atoms with Crippen LogP contribution in [0.1, 0.15) is 17.0 Å². The number of aromatic nitrogens is 2. The summed E-state index contributed by atoms with van der Waals surface area (Å²) in [6, 6.07) is 6.59. The fourth-order valence-corrected chi connectivity index (χ4v) is 1.92. The highest BCUT2D eigenvalue weighted by molar-refractivity contribution is 9.10. The molecule has 16 heavy (non-hydrogen) atoms. The molecule has 84 valence electrons. The van der Waals surface area contributed by atoms with E-state index in [1.165, 1.54) is 12.1 Å². The minimum Gasteiger partial charge on any atom is -0.264 e. The van der Waals surface area contributed by atoms with Crippen molar-refractivity contribution >= 4 is 15.9 Å². The monoisotopic (exact) mass is 282 g/mol. The van der Waals surface area contributed by atoms with Crippen LogP contribution in [0.5, 0.6) is 0 Å². The number of benzene rings is 1. The first-order valence-electron chi connectivity index (χ1n) is 5.02. The molecule has 0 spiro atoms. The summed E-state index contributed by atoms with van der Waals surface area (Å²) in [4.78, 5) is 0. The highest BCUT2D eigenvalue weighted by Gasteiger charge is 2.08. The van der Waals surface area contributed by atoms with Gasteiger partial charge in [0.05, 0.1) is 22.4 Å². The lowest BCUT2D eigenvalue weighted by Gasteiger charge is -2.04. The third-order valence-corrected chi connectivity index (χ3v) is 3.66. The molecule has 0 amide bonds. The fraction of sp³-hybridized carbons (Fsp3) is 0.250. The van der Waals surface area contributed by atoms with E-state index in [1.807, 2.05) is 24.6 Å². The van der Waals surface area contributed by atoms with E-state index in [-0.39, 0.29) is 5.82 Å². The van der Waals surface area contributed by atoms with Crippen LogP contribution in [-0.2, 0) is 6.54 Å². The van der Waals surface area contributed by atoms with Crippen molar-refractivity contribution in [1.82, 2.24) is 9.78 Å². The number of hydrogen-bond acceptors (Lipinski definition) is 1. The molecule has 1 aromatic heterocycles. The molecular formula is C12H12BrFN2. The molecule has 0 fully saturated rings. The van der Waals surface area contributed by atoms with Gasteiger partial charge in [0.15, 0.2) is 0 Å². The van der Waals surface area contributed by atoms with Gasteiger partial charge >= 0.3 is 0 Å². The average molecular weight is 283 g/mol. The Hall–Kier alpha value is -1.16. The van der Waals surface area contributed by atoms with E-state index >= 15 is 0 Å². The molecule has 4 heteroatoms. The highest BCUT2D eigenvalue weighted by atomic mass is 79.9. The van der Waals surface area contributed by atoms with Crippen molar-refractivity contribution in [2.45, 2.75) is 20.4 Å². The van der Waals surface area contributed by atoms with Gasteiger partial charge in [-0.15, -0.1) is 0 Å². The van der Waals surface area contributed by atoms with Crippen LogP contribution in [0.3, 0.4) is 0 Å². The topological polar surface area (TPSA) is 17.8 Å². The summed E-state index contributed by atoms with van der Waals surface area (Å²) in [7, 11) is 0. The van der Waals surface area contributed by atoms with E-state index < -0.39 is 0 Å². The number of aryl methyl sites for hydroxylation is 1. The minimum atomic E-state index is -0.210. The normalized spacial score (nSPS) is 10.8. The highest BCUT2D eigenvalue weighted by Crippen LogP contribution is 2.20. The van der Waals surface area contributed by atoms with E-state index in [9.17, 15) is 4.39 Å². The van der Waals surface area contributed by atoms with Crippen molar-refractivity contribution in [3.8, 4) is 0 Å². The smallest absolute Gasteiger partial charge is 0.123 e. The first kappa shape index (κ1) is 11.3. The molecular weight excluding hydrogens is 271 g/mol. The molecule has 1 aromatic carbocycles. The van der Waals surface area contributed by atoms with Gasteiger partial charge in [-0.3, -0.25) is 4.68 Å². The molecule has 0 atom stereocenters. The second-order valence-corrected chi connectivity index (χ2v) is 4.57. The third kappa shape index (κ3) is 2.16. The van der Waals surface area contributed by atoms with Crippen molar-refractivity contribution in [3.05, 3.63) is 51.5 Å². The zero-order valence-electron chi connectivity index (χ0n) is 9.17. The van der Waals surface area contributed by atoms with Gasteiger partial charge in [-0.1, -0.05) is 12.1 Å². The van der Waals surface area contributed by atoms with Gasteiger partial charge in [-0.05, 0) is 47.5 Å². The van der Waals surface area contributed by atoms with E-state index in [1.54, 1.807) is 6.07 Å². The van der Waals surface area contributed by atoms with Crippen LogP contribution in [0.4, 0.5) is 4.39 Å². The molecule has 2 nitrogen and oxygen atoms in total. The average Bonchev–Trinajstić information content (AvgIpc) is 2.47. The molecule has 0 bridgehead atoms. The summed E-state index contributed by atoms with van der Waals surface area (Å²) in [5, 5.41) is 4.38. The molecule has 0 unspecified atom stereocenters. The Kier molecular flexibility index (Phi) is 3.10. The van der Waals surface area contributed by atoms with E-state index in [0.717, 1.165) is 21.4 Å². The summed E-state index contributed by atoms with van der Waals surface area (Å²) in [6.07, 6.45) is 0. The molecule has 0 aliphatic carbocycles. The fourth-order valence-electron chi connectivity index (χ4n) is 1.64. The first-order chi connectivity index (χ1) is 7.58. The van der Waals surface area contributed by atoms with Crippen LogP contribution in [0, 0.1) is 19.7 Å². The zero-order valence-corrected chi connectivity index (χ0v) is 10.8. The van der Waals surface area contributed by atoms with Gasteiger partial charge in [0.25, 0.3) is 0 Å². The Morgan fingerprint density at radius 3 is 2.69 bits per heavy atom. The predicted octanol–water partition coefficient (Wildman–Crippen LogP) is 3.45. The van der Waals surface area contributed by atoms with Gasteiger partial charge < -0.3 is 0 Å². The van der Waals surface area contributed by atoms with E-state index in [0.29, 0.717) is 6.54 Å². The quantitative estimate of drug-likeness (QED) is 0.825. The molecule has 1 heterocycles. The van der Waals surface area contributed by atoms with Crippen molar-refractivity contribution in [2.75, 3.05) is 0 Å². The number of halogens is 2. The Balaban J connectivity index is 2.30. The summed E-state index contributed by atoms with van der Waals surface area (Å²) in [6.45, 7) is 4.53. The number of hydrogen-bond donors (Lipinski definition) is 0. The van der Waals surface area contributed by atoms with E-state index in [4.69, 9.17) is 0 Å². The second kappa shape index (κ2) is 4.37. The molecule has 0 saturated carbocycles. The summed E-state index contributed by atoms with van der Waals surface area (Å²) in [5.41, 5.74) is 2.92. The maximum Gasteiger partial charge on any atom is 0.123 e. The SMILES string of the molecule is Cc1nn(Cc2cccc(F)c2)c(C)c1Br. The van der Waals surface area contributed by atoms with E-state index in [2.05, 4.69) is 21.0 Å². The van der Waals surface area contributed by atoms with Crippen LogP contribution in [0.2, 0.25) is 0 Å². The van der Waals surface area contributed by atoms with Crippen molar-refractivity contribution < 1.29 is 4.39 Å². The van der Waals surface area contributed by atoms with Gasteiger partial charge in [0, 0.05) is 0 Å². The maximum atomic E-state index is 13.0. The van der Waals surface area contributed by atoms with Gasteiger partial charge in [-0.25, -0.2) is 4.39 Å². The van der Waals surface area contributed by atoms with Crippen LogP contribution in [-0.4, -0.2) is 9.78 Å². The molecule has 0 aliphatic rings. The second-order valence-electron chi connectivity index (χ2n) is 3.77. The summed E-state index contributed by atoms with van der Waals surface area (Å²) >= 11 is 3.47. The molecule has 0 radical (unpaired) electrons. The van der Waals surface area contributed by atoms with Gasteiger partial charge in [0.2, 0.25) is 0 Å². The van der Waals surface area contributed by atoms with Crippen LogP contribution >= 0.6 is 15.9 Å². The Labute approximate surface area is 102 Å². The van der Waals surface area contributed by atoms with Crippen LogP contribution in [0.25, 0.3) is 0 Å². The lowest BCUT2D eigenvalue weighted by molar-refractivity contribution is 0.615. The first-order valence-corrected chi connectivity index (χ1v) is 5.81. The maximum absolute atomic E-state index is 13.0. The Morgan fingerprint density at radius 1 is 1.38 bits per heavy atom. The summed E-state index contributed by atoms with van der Waals surface area (Å²) < 4.78 is 15.9. The van der Waals surface area contributed by atoms with Crippen LogP contribution in [0.15, 0.2) is 28.7 Å². The minimum absolute atomic E-state index is 0.210.